The number of aromatic nitrogens is 4. The number of hydrogen-bond acceptors (Lipinski definition) is 6. The summed E-state index contributed by atoms with van der Waals surface area (Å²) in [7, 11) is 0. The van der Waals surface area contributed by atoms with Gasteiger partial charge in [-0.1, -0.05) is 6.07 Å². The number of amides is 1. The highest BCUT2D eigenvalue weighted by molar-refractivity contribution is 5.92. The summed E-state index contributed by atoms with van der Waals surface area (Å²) in [6, 6.07) is 5.86. The molecule has 4 rings (SSSR count). The molecule has 0 saturated carbocycles. The summed E-state index contributed by atoms with van der Waals surface area (Å²) < 4.78 is 19.0. The molecule has 0 N–H and O–H groups in total. The van der Waals surface area contributed by atoms with Crippen LogP contribution in [0.2, 0.25) is 0 Å². The summed E-state index contributed by atoms with van der Waals surface area (Å²) in [5.74, 6) is 0.165. The first-order valence-electron chi connectivity index (χ1n) is 9.00. The molecule has 0 bridgehead atoms. The monoisotopic (exact) mass is 379 g/mol. The molecule has 1 aliphatic heterocycles. The van der Waals surface area contributed by atoms with Gasteiger partial charge in [-0.15, -0.1) is 0 Å². The molecule has 1 aromatic carbocycles. The molecule has 28 heavy (non-hydrogen) atoms. The highest BCUT2D eigenvalue weighted by atomic mass is 19.1. The van der Waals surface area contributed by atoms with Gasteiger partial charge in [-0.3, -0.25) is 14.8 Å². The molecule has 1 unspecified atom stereocenters. The second-order valence-corrected chi connectivity index (χ2v) is 6.52. The van der Waals surface area contributed by atoms with E-state index in [4.69, 9.17) is 4.74 Å². The minimum Gasteiger partial charge on any atom is -0.437 e. The molecule has 7 nitrogen and oxygen atoms in total. The van der Waals surface area contributed by atoms with Crippen LogP contribution in [0.25, 0.3) is 0 Å². The van der Waals surface area contributed by atoms with Crippen molar-refractivity contribution in [2.24, 2.45) is 0 Å². The first kappa shape index (κ1) is 18.0. The molecule has 3 aromatic rings. The van der Waals surface area contributed by atoms with Gasteiger partial charge in [0.1, 0.15) is 17.3 Å². The maximum atomic E-state index is 13.3. The van der Waals surface area contributed by atoms with Crippen molar-refractivity contribution in [1.82, 2.24) is 24.8 Å². The Bertz CT molecular complexity index is 970. The van der Waals surface area contributed by atoms with E-state index in [9.17, 15) is 9.18 Å². The van der Waals surface area contributed by atoms with E-state index in [-0.39, 0.29) is 17.6 Å². The largest absolute Gasteiger partial charge is 0.437 e. The van der Waals surface area contributed by atoms with Crippen molar-refractivity contribution in [2.75, 3.05) is 13.1 Å². The lowest BCUT2D eigenvalue weighted by molar-refractivity contribution is 0.0699. The van der Waals surface area contributed by atoms with Crippen LogP contribution in [0.1, 0.15) is 34.9 Å². The average molecular weight is 379 g/mol. The summed E-state index contributed by atoms with van der Waals surface area (Å²) in [4.78, 5) is 31.2. The Morgan fingerprint density at radius 1 is 1.18 bits per heavy atom. The molecule has 0 spiro atoms. The number of likely N-dealkylation sites (tertiary alicyclic amines) is 1. The summed E-state index contributed by atoms with van der Waals surface area (Å²) in [6.07, 6.45) is 9.43. The second kappa shape index (κ2) is 8.08. The molecular formula is C20H18FN5O2. The van der Waals surface area contributed by atoms with E-state index < -0.39 is 0 Å². The van der Waals surface area contributed by atoms with Gasteiger partial charge in [0.25, 0.3) is 5.91 Å². The lowest BCUT2D eigenvalue weighted by atomic mass is 9.95. The third-order valence-electron chi connectivity index (χ3n) is 4.56. The first-order chi connectivity index (χ1) is 13.7. The number of piperidine rings is 1. The van der Waals surface area contributed by atoms with Crippen LogP contribution in [0.15, 0.2) is 55.2 Å². The zero-order valence-corrected chi connectivity index (χ0v) is 15.0. The number of carbonyl (C=O) groups is 1. The fourth-order valence-electron chi connectivity index (χ4n) is 3.23. The lowest BCUT2D eigenvalue weighted by Crippen LogP contribution is -2.39. The smallest absolute Gasteiger partial charge is 0.274 e. The van der Waals surface area contributed by atoms with E-state index >= 15 is 0 Å². The van der Waals surface area contributed by atoms with E-state index in [2.05, 4.69) is 19.9 Å². The maximum Gasteiger partial charge on any atom is 0.274 e. The molecule has 1 aliphatic rings. The highest BCUT2D eigenvalue weighted by Crippen LogP contribution is 2.28. The summed E-state index contributed by atoms with van der Waals surface area (Å²) in [5, 5.41) is 0. The average Bonchev–Trinajstić information content (AvgIpc) is 2.74. The molecule has 0 radical (unpaired) electrons. The maximum absolute atomic E-state index is 13.3. The van der Waals surface area contributed by atoms with Crippen molar-refractivity contribution in [3.63, 3.8) is 0 Å². The summed E-state index contributed by atoms with van der Waals surface area (Å²) in [5.41, 5.74) is 1.07. The fourth-order valence-corrected chi connectivity index (χ4v) is 3.23. The quantitative estimate of drug-likeness (QED) is 0.692. The van der Waals surface area contributed by atoms with Gasteiger partial charge in [-0.2, -0.15) is 0 Å². The van der Waals surface area contributed by atoms with Gasteiger partial charge in [-0.05, 0) is 25.0 Å². The number of benzene rings is 1. The normalized spacial score (nSPS) is 16.6. The third-order valence-corrected chi connectivity index (χ3v) is 4.56. The number of carbonyl (C=O) groups excluding carboxylic acids is 1. The third kappa shape index (κ3) is 4.11. The Labute approximate surface area is 161 Å². The second-order valence-electron chi connectivity index (χ2n) is 6.52. The molecule has 1 amide bonds. The van der Waals surface area contributed by atoms with Gasteiger partial charge in [0.05, 0.1) is 18.1 Å². The van der Waals surface area contributed by atoms with Gasteiger partial charge >= 0.3 is 0 Å². The van der Waals surface area contributed by atoms with E-state index in [1.54, 1.807) is 23.2 Å². The fraction of sp³-hybridized carbons (Fsp3) is 0.250. The minimum absolute atomic E-state index is 0.0398. The molecule has 1 fully saturated rings. The van der Waals surface area contributed by atoms with Crippen LogP contribution in [-0.2, 0) is 0 Å². The minimum atomic E-state index is -0.382. The topological polar surface area (TPSA) is 81.1 Å². The SMILES string of the molecule is O=C(c1cnccn1)N1CCCC(c2cncc(Oc3cccc(F)c3)n2)C1. The standard InChI is InChI=1S/C20H18FN5O2/c21-15-4-1-5-16(9-15)28-19-12-23-10-17(25-19)14-3-2-8-26(13-14)20(27)18-11-22-6-7-24-18/h1,4-7,9-12,14H,2-3,8,13H2. The van der Waals surface area contributed by atoms with Gasteiger partial charge in [0.15, 0.2) is 0 Å². The van der Waals surface area contributed by atoms with Crippen molar-refractivity contribution in [1.29, 1.82) is 0 Å². The number of nitrogens with zero attached hydrogens (tertiary/aromatic N) is 5. The van der Waals surface area contributed by atoms with Crippen LogP contribution >= 0.6 is 0 Å². The van der Waals surface area contributed by atoms with Crippen LogP contribution in [0.3, 0.4) is 0 Å². The number of hydrogen-bond donors (Lipinski definition) is 0. The van der Waals surface area contributed by atoms with Crippen molar-refractivity contribution >= 4 is 5.91 Å². The molecule has 1 atom stereocenters. The van der Waals surface area contributed by atoms with E-state index in [0.717, 1.165) is 18.5 Å². The molecule has 0 aliphatic carbocycles. The Morgan fingerprint density at radius 3 is 2.93 bits per heavy atom. The molecule has 8 heteroatoms. The Kier molecular flexibility index (Phi) is 5.18. The zero-order chi connectivity index (χ0) is 19.3. The molecule has 2 aromatic heterocycles. The van der Waals surface area contributed by atoms with Crippen LogP contribution in [0.5, 0.6) is 11.6 Å². The Balaban J connectivity index is 1.48. The van der Waals surface area contributed by atoms with Crippen LogP contribution in [0, 0.1) is 5.82 Å². The molecular weight excluding hydrogens is 361 g/mol. The van der Waals surface area contributed by atoms with Crippen molar-refractivity contribution < 1.29 is 13.9 Å². The summed E-state index contributed by atoms with van der Waals surface area (Å²) in [6.45, 7) is 1.19. The van der Waals surface area contributed by atoms with E-state index in [1.807, 2.05) is 0 Å². The predicted molar refractivity (Wildman–Crippen MR) is 98.4 cm³/mol. The van der Waals surface area contributed by atoms with Crippen molar-refractivity contribution in [3.8, 4) is 11.6 Å². The van der Waals surface area contributed by atoms with Crippen LogP contribution in [-0.4, -0.2) is 43.8 Å². The predicted octanol–water partition coefficient (Wildman–Crippen LogP) is 3.22. The van der Waals surface area contributed by atoms with E-state index in [1.165, 1.54) is 36.9 Å². The Morgan fingerprint density at radius 2 is 2.11 bits per heavy atom. The first-order valence-corrected chi connectivity index (χ1v) is 9.00. The summed E-state index contributed by atoms with van der Waals surface area (Å²) >= 11 is 0. The number of ether oxygens (including phenoxy) is 1. The van der Waals surface area contributed by atoms with Crippen molar-refractivity contribution in [2.45, 2.75) is 18.8 Å². The molecule has 3 heterocycles. The van der Waals surface area contributed by atoms with Gasteiger partial charge < -0.3 is 9.64 Å². The van der Waals surface area contributed by atoms with E-state index in [0.29, 0.717) is 30.4 Å². The van der Waals surface area contributed by atoms with Gasteiger partial charge in [-0.25, -0.2) is 14.4 Å². The number of halogens is 1. The van der Waals surface area contributed by atoms with Gasteiger partial charge in [0, 0.05) is 43.7 Å². The van der Waals surface area contributed by atoms with Crippen LogP contribution in [0.4, 0.5) is 4.39 Å². The lowest BCUT2D eigenvalue weighted by Gasteiger charge is -2.32. The van der Waals surface area contributed by atoms with Gasteiger partial charge in [0.2, 0.25) is 5.88 Å². The molecule has 1 saturated heterocycles. The highest BCUT2D eigenvalue weighted by Gasteiger charge is 2.27. The van der Waals surface area contributed by atoms with Crippen LogP contribution < -0.4 is 4.74 Å². The van der Waals surface area contributed by atoms with Crippen molar-refractivity contribution in [3.05, 3.63) is 72.5 Å². The number of rotatable bonds is 4. The zero-order valence-electron chi connectivity index (χ0n) is 15.0. The molecule has 142 valence electrons. The Hall–Kier alpha value is -3.42.